The number of hydrogen-bond donors (Lipinski definition) is 2. The molecule has 0 unspecified atom stereocenters. The molecule has 1 heterocycles. The number of nitrogens with one attached hydrogen (secondary N) is 1. The predicted octanol–water partition coefficient (Wildman–Crippen LogP) is 3.39. The molecule has 0 bridgehead atoms. The highest BCUT2D eigenvalue weighted by atomic mass is 15.0. The van der Waals surface area contributed by atoms with Crippen molar-refractivity contribution in [3.05, 3.63) is 11.9 Å². The molecular weight excluding hydrogens is 236 g/mol. The van der Waals surface area contributed by atoms with Crippen LogP contribution in [0.2, 0.25) is 0 Å². The summed E-state index contributed by atoms with van der Waals surface area (Å²) in [4.78, 5) is 8.51. The lowest BCUT2D eigenvalue weighted by molar-refractivity contribution is 0.252. The minimum Gasteiger partial charge on any atom is -0.384 e. The van der Waals surface area contributed by atoms with Crippen molar-refractivity contribution in [3.63, 3.8) is 0 Å². The standard InChI is InChI=1S/C15H26N4/c1-11(2)9-15(6-4-5-7-15)10-17-14-8-13(16)18-12(3)19-14/h8,11H,4-7,9-10H2,1-3H3,(H3,16,17,18,19). The molecule has 106 valence electrons. The normalized spacial score (nSPS) is 17.9. The Bertz CT molecular complexity index is 402. The van der Waals surface area contributed by atoms with E-state index in [0.29, 0.717) is 11.2 Å². The molecule has 1 aromatic heterocycles. The van der Waals surface area contributed by atoms with Crippen LogP contribution >= 0.6 is 0 Å². The molecule has 1 aromatic rings. The smallest absolute Gasteiger partial charge is 0.131 e. The summed E-state index contributed by atoms with van der Waals surface area (Å²) in [5.74, 6) is 2.88. The van der Waals surface area contributed by atoms with Crippen LogP contribution in [-0.2, 0) is 0 Å². The van der Waals surface area contributed by atoms with Crippen molar-refractivity contribution in [2.24, 2.45) is 11.3 Å². The Labute approximate surface area is 116 Å². The molecule has 0 radical (unpaired) electrons. The minimum absolute atomic E-state index is 0.446. The molecular formula is C15H26N4. The molecule has 4 nitrogen and oxygen atoms in total. The minimum atomic E-state index is 0.446. The molecule has 0 saturated heterocycles. The Morgan fingerprint density at radius 3 is 2.58 bits per heavy atom. The molecule has 0 aromatic carbocycles. The fourth-order valence-electron chi connectivity index (χ4n) is 3.40. The van der Waals surface area contributed by atoms with Crippen molar-refractivity contribution in [3.8, 4) is 0 Å². The fraction of sp³-hybridized carbons (Fsp3) is 0.733. The van der Waals surface area contributed by atoms with Crippen LogP contribution in [0.15, 0.2) is 6.07 Å². The number of nitrogens with two attached hydrogens (primary N) is 1. The van der Waals surface area contributed by atoms with Crippen LogP contribution in [0.5, 0.6) is 0 Å². The first-order chi connectivity index (χ1) is 8.99. The number of hydrogen-bond acceptors (Lipinski definition) is 4. The summed E-state index contributed by atoms with van der Waals surface area (Å²) >= 11 is 0. The highest BCUT2D eigenvalue weighted by Crippen LogP contribution is 2.43. The Kier molecular flexibility index (Phi) is 4.27. The van der Waals surface area contributed by atoms with Gasteiger partial charge in [0, 0.05) is 12.6 Å². The Morgan fingerprint density at radius 1 is 1.32 bits per heavy atom. The van der Waals surface area contributed by atoms with Gasteiger partial charge >= 0.3 is 0 Å². The van der Waals surface area contributed by atoms with E-state index >= 15 is 0 Å². The van der Waals surface area contributed by atoms with Gasteiger partial charge in [0.1, 0.15) is 17.5 Å². The van der Waals surface area contributed by atoms with Crippen molar-refractivity contribution < 1.29 is 0 Å². The number of nitrogens with zero attached hydrogens (tertiary/aromatic N) is 2. The Balaban J connectivity index is 2.02. The predicted molar refractivity (Wildman–Crippen MR) is 80.0 cm³/mol. The molecule has 1 aliphatic rings. The Morgan fingerprint density at radius 2 is 2.00 bits per heavy atom. The zero-order valence-electron chi connectivity index (χ0n) is 12.4. The lowest BCUT2D eigenvalue weighted by Crippen LogP contribution is -2.28. The molecule has 0 amide bonds. The number of aromatic nitrogens is 2. The van der Waals surface area contributed by atoms with Gasteiger partial charge in [-0.3, -0.25) is 0 Å². The highest BCUT2D eigenvalue weighted by Gasteiger charge is 2.34. The maximum absolute atomic E-state index is 5.77. The average molecular weight is 262 g/mol. The largest absolute Gasteiger partial charge is 0.384 e. The van der Waals surface area contributed by atoms with Gasteiger partial charge in [0.05, 0.1) is 0 Å². The molecule has 0 aliphatic heterocycles. The second-order valence-electron chi connectivity index (χ2n) is 6.38. The SMILES string of the molecule is Cc1nc(N)cc(NCC2(CC(C)C)CCCC2)n1. The van der Waals surface area contributed by atoms with Gasteiger partial charge in [-0.2, -0.15) is 0 Å². The molecule has 1 saturated carbocycles. The van der Waals surface area contributed by atoms with E-state index in [1.807, 2.05) is 13.0 Å². The zero-order valence-corrected chi connectivity index (χ0v) is 12.4. The maximum Gasteiger partial charge on any atom is 0.131 e. The van der Waals surface area contributed by atoms with E-state index in [1.54, 1.807) is 0 Å². The van der Waals surface area contributed by atoms with Gasteiger partial charge in [-0.15, -0.1) is 0 Å². The zero-order chi connectivity index (χ0) is 13.9. The quantitative estimate of drug-likeness (QED) is 0.853. The van der Waals surface area contributed by atoms with Crippen molar-refractivity contribution in [1.82, 2.24) is 9.97 Å². The summed E-state index contributed by atoms with van der Waals surface area (Å²) in [7, 11) is 0. The van der Waals surface area contributed by atoms with Gasteiger partial charge in [0.2, 0.25) is 0 Å². The first-order valence-electron chi connectivity index (χ1n) is 7.34. The van der Waals surface area contributed by atoms with Gasteiger partial charge in [0.25, 0.3) is 0 Å². The average Bonchev–Trinajstić information content (AvgIpc) is 2.73. The monoisotopic (exact) mass is 262 g/mol. The number of nitrogen functional groups attached to an aromatic ring is 1. The van der Waals surface area contributed by atoms with Crippen molar-refractivity contribution in [2.45, 2.75) is 52.9 Å². The maximum atomic E-state index is 5.77. The molecule has 0 spiro atoms. The summed E-state index contributed by atoms with van der Waals surface area (Å²) in [6.07, 6.45) is 6.67. The van der Waals surface area contributed by atoms with Crippen LogP contribution < -0.4 is 11.1 Å². The summed E-state index contributed by atoms with van der Waals surface area (Å²) in [6.45, 7) is 7.50. The van der Waals surface area contributed by atoms with Gasteiger partial charge in [-0.1, -0.05) is 26.7 Å². The summed E-state index contributed by atoms with van der Waals surface area (Å²) in [5.41, 5.74) is 6.21. The lowest BCUT2D eigenvalue weighted by Gasteiger charge is -2.31. The number of anilines is 2. The summed E-state index contributed by atoms with van der Waals surface area (Å²) in [6, 6.07) is 1.82. The second-order valence-corrected chi connectivity index (χ2v) is 6.38. The van der Waals surface area contributed by atoms with Gasteiger partial charge < -0.3 is 11.1 Å². The Hall–Kier alpha value is -1.32. The van der Waals surface area contributed by atoms with E-state index in [9.17, 15) is 0 Å². The molecule has 19 heavy (non-hydrogen) atoms. The second kappa shape index (κ2) is 5.76. The topological polar surface area (TPSA) is 63.8 Å². The summed E-state index contributed by atoms with van der Waals surface area (Å²) in [5, 5.41) is 3.48. The van der Waals surface area contributed by atoms with Crippen LogP contribution in [0.4, 0.5) is 11.6 Å². The van der Waals surface area contributed by atoms with E-state index in [4.69, 9.17) is 5.73 Å². The lowest BCUT2D eigenvalue weighted by atomic mass is 9.78. The van der Waals surface area contributed by atoms with Crippen LogP contribution in [0.1, 0.15) is 51.8 Å². The molecule has 4 heteroatoms. The highest BCUT2D eigenvalue weighted by molar-refractivity contribution is 5.44. The number of rotatable bonds is 5. The first-order valence-corrected chi connectivity index (χ1v) is 7.34. The molecule has 0 atom stereocenters. The van der Waals surface area contributed by atoms with Crippen LogP contribution in [0, 0.1) is 18.3 Å². The van der Waals surface area contributed by atoms with Gasteiger partial charge in [-0.25, -0.2) is 9.97 Å². The van der Waals surface area contributed by atoms with Crippen LogP contribution in [0.25, 0.3) is 0 Å². The third-order valence-corrected chi connectivity index (χ3v) is 4.01. The third-order valence-electron chi connectivity index (χ3n) is 4.01. The van der Waals surface area contributed by atoms with Gasteiger partial charge in [0.15, 0.2) is 0 Å². The molecule has 1 fully saturated rings. The van der Waals surface area contributed by atoms with E-state index in [0.717, 1.165) is 24.1 Å². The van der Waals surface area contributed by atoms with E-state index in [2.05, 4.69) is 29.1 Å². The van der Waals surface area contributed by atoms with Crippen molar-refractivity contribution in [1.29, 1.82) is 0 Å². The van der Waals surface area contributed by atoms with Gasteiger partial charge in [-0.05, 0) is 37.5 Å². The molecule has 1 aliphatic carbocycles. The van der Waals surface area contributed by atoms with Crippen molar-refractivity contribution in [2.75, 3.05) is 17.6 Å². The first kappa shape index (κ1) is 14.1. The van der Waals surface area contributed by atoms with Crippen LogP contribution in [0.3, 0.4) is 0 Å². The van der Waals surface area contributed by atoms with E-state index in [-0.39, 0.29) is 0 Å². The van der Waals surface area contributed by atoms with Crippen LogP contribution in [-0.4, -0.2) is 16.5 Å². The molecule has 2 rings (SSSR count). The number of aryl methyl sites for hydroxylation is 1. The summed E-state index contributed by atoms with van der Waals surface area (Å²) < 4.78 is 0. The third kappa shape index (κ3) is 3.82. The fourth-order valence-corrected chi connectivity index (χ4v) is 3.40. The van der Waals surface area contributed by atoms with E-state index < -0.39 is 0 Å². The van der Waals surface area contributed by atoms with E-state index in [1.165, 1.54) is 32.1 Å². The van der Waals surface area contributed by atoms with Crippen molar-refractivity contribution >= 4 is 11.6 Å². The molecule has 3 N–H and O–H groups in total.